The summed E-state index contributed by atoms with van der Waals surface area (Å²) in [5.41, 5.74) is 0. The molecule has 6 heteroatoms. The van der Waals surface area contributed by atoms with Gasteiger partial charge in [0.05, 0.1) is 0 Å². The maximum atomic E-state index is 12.8. The maximum absolute atomic E-state index is 12.8. The van der Waals surface area contributed by atoms with E-state index < -0.39 is 12.1 Å². The molecule has 0 aromatic carbocycles. The Morgan fingerprint density at radius 2 is 0.657 bits per heavy atom. The van der Waals surface area contributed by atoms with Crippen molar-refractivity contribution in [1.29, 1.82) is 0 Å². The zero-order valence-corrected chi connectivity index (χ0v) is 42.1. The Bertz CT molecular complexity index is 1620. The molecule has 0 spiro atoms. The molecule has 0 saturated heterocycles. The predicted octanol–water partition coefficient (Wildman–Crippen LogP) is 17.2. The molecule has 0 saturated carbocycles. The molecule has 1 unspecified atom stereocenters. The molecule has 0 fully saturated rings. The minimum atomic E-state index is -0.844. The number of hydrogen-bond donors (Lipinski definition) is 0. The van der Waals surface area contributed by atoms with Crippen LogP contribution in [0.4, 0.5) is 0 Å². The number of allylic oxidation sites excluding steroid dienone is 28. The lowest BCUT2D eigenvalue weighted by atomic mass is 10.1. The molecular formula is C61H90O6. The first kappa shape index (κ1) is 61.8. The Morgan fingerprint density at radius 3 is 1.10 bits per heavy atom. The van der Waals surface area contributed by atoms with Crippen molar-refractivity contribution >= 4 is 17.9 Å². The molecule has 67 heavy (non-hydrogen) atoms. The van der Waals surface area contributed by atoms with Gasteiger partial charge in [-0.15, -0.1) is 0 Å². The highest BCUT2D eigenvalue weighted by Gasteiger charge is 2.19. The summed E-state index contributed by atoms with van der Waals surface area (Å²) in [5, 5.41) is 0. The standard InChI is InChI=1S/C61H90O6/c1-4-7-10-13-16-19-22-25-27-29-30-32-33-36-39-42-45-48-51-54-60(63)66-57-58(56-65-59(62)53-50-47-44-41-38-35-24-21-18-15-12-9-6-3)67-61(64)55-52-49-46-43-40-37-34-31-28-26-23-20-17-14-11-8-5-2/h7,9-10,12-13,15-22,24-30,32-34,36-37,39,43,46,58H,4-6,8,11,14,23,31,35,38,40-42,44-45,47-57H2,1-3H3/b10-7+,12-9+,16-13+,18-15+,20-17+,22-19+,24-21+,27-25+,28-26+,30-29+,33-32+,37-34+,39-36+,46-43+. The normalized spacial score (nSPS) is 13.5. The number of carbonyl (C=O) groups excluding carboxylic acids is 3. The van der Waals surface area contributed by atoms with Crippen LogP contribution in [0.15, 0.2) is 170 Å². The molecule has 0 aliphatic rings. The van der Waals surface area contributed by atoms with Gasteiger partial charge < -0.3 is 14.2 Å². The Labute approximate surface area is 409 Å². The van der Waals surface area contributed by atoms with Crippen LogP contribution in [0.2, 0.25) is 0 Å². The van der Waals surface area contributed by atoms with Gasteiger partial charge in [-0.05, 0) is 96.3 Å². The average molecular weight is 919 g/mol. The Kier molecular flexibility index (Phi) is 49.2. The molecule has 370 valence electrons. The van der Waals surface area contributed by atoms with E-state index in [0.29, 0.717) is 19.3 Å². The van der Waals surface area contributed by atoms with Crippen LogP contribution in [-0.2, 0) is 28.6 Å². The average Bonchev–Trinajstić information content (AvgIpc) is 3.33. The predicted molar refractivity (Wildman–Crippen MR) is 288 cm³/mol. The minimum Gasteiger partial charge on any atom is -0.462 e. The second kappa shape index (κ2) is 53.4. The third-order valence-corrected chi connectivity index (χ3v) is 9.94. The van der Waals surface area contributed by atoms with E-state index in [1.165, 1.54) is 25.7 Å². The minimum absolute atomic E-state index is 0.135. The van der Waals surface area contributed by atoms with Crippen LogP contribution in [0.25, 0.3) is 0 Å². The van der Waals surface area contributed by atoms with E-state index in [2.05, 4.69) is 112 Å². The Hall–Kier alpha value is -5.23. The summed E-state index contributed by atoms with van der Waals surface area (Å²) in [6.45, 7) is 6.19. The first-order chi connectivity index (χ1) is 33.0. The zero-order valence-electron chi connectivity index (χ0n) is 42.1. The van der Waals surface area contributed by atoms with Crippen LogP contribution in [0, 0.1) is 0 Å². The van der Waals surface area contributed by atoms with Crippen molar-refractivity contribution in [2.75, 3.05) is 13.2 Å². The van der Waals surface area contributed by atoms with Crippen LogP contribution in [-0.4, -0.2) is 37.2 Å². The SMILES string of the molecule is CC/C=C/C=C/C=C/C=C/C=C/C=C/C=C/CCCCCC(=O)OCC(COC(=O)CCCCCCC/C=C/C=C/C=C/CC)OC(=O)CCC/C=C/C/C=C/C/C=C/C/C=C/CCCCC. The van der Waals surface area contributed by atoms with Crippen LogP contribution in [0.5, 0.6) is 0 Å². The molecule has 1 atom stereocenters. The van der Waals surface area contributed by atoms with Crippen molar-refractivity contribution in [3.05, 3.63) is 170 Å². The lowest BCUT2D eigenvalue weighted by molar-refractivity contribution is -0.167. The number of unbranched alkanes of at least 4 members (excludes halogenated alkanes) is 12. The largest absolute Gasteiger partial charge is 0.462 e. The number of rotatable bonds is 43. The maximum Gasteiger partial charge on any atom is 0.306 e. The molecule has 0 aliphatic heterocycles. The van der Waals surface area contributed by atoms with Crippen molar-refractivity contribution in [1.82, 2.24) is 0 Å². The lowest BCUT2D eigenvalue weighted by Crippen LogP contribution is -2.30. The van der Waals surface area contributed by atoms with Gasteiger partial charge in [0.15, 0.2) is 6.10 Å². The second-order valence-corrected chi connectivity index (χ2v) is 16.2. The lowest BCUT2D eigenvalue weighted by Gasteiger charge is -2.18. The van der Waals surface area contributed by atoms with Crippen molar-refractivity contribution in [2.45, 2.75) is 181 Å². The van der Waals surface area contributed by atoms with Crippen molar-refractivity contribution < 1.29 is 28.6 Å². The fraction of sp³-hybridized carbons (Fsp3) is 0.492. The third kappa shape index (κ3) is 51.6. The third-order valence-electron chi connectivity index (χ3n) is 9.94. The van der Waals surface area contributed by atoms with E-state index in [-0.39, 0.29) is 38.0 Å². The summed E-state index contributed by atoms with van der Waals surface area (Å²) in [6, 6.07) is 0. The van der Waals surface area contributed by atoms with Gasteiger partial charge in [-0.2, -0.15) is 0 Å². The summed E-state index contributed by atoms with van der Waals surface area (Å²) < 4.78 is 16.7. The molecule has 6 nitrogen and oxygen atoms in total. The molecule has 0 heterocycles. The molecule has 0 bridgehead atoms. The molecule has 0 aromatic heterocycles. The van der Waals surface area contributed by atoms with Crippen molar-refractivity contribution in [3.8, 4) is 0 Å². The van der Waals surface area contributed by atoms with Gasteiger partial charge in [0.2, 0.25) is 0 Å². The summed E-state index contributed by atoms with van der Waals surface area (Å²) >= 11 is 0. The van der Waals surface area contributed by atoms with E-state index >= 15 is 0 Å². The smallest absolute Gasteiger partial charge is 0.306 e. The second-order valence-electron chi connectivity index (χ2n) is 16.2. The van der Waals surface area contributed by atoms with Crippen LogP contribution in [0.3, 0.4) is 0 Å². The summed E-state index contributed by atoms with van der Waals surface area (Å²) in [7, 11) is 0. The van der Waals surface area contributed by atoms with Gasteiger partial charge in [0.1, 0.15) is 13.2 Å². The van der Waals surface area contributed by atoms with E-state index in [0.717, 1.165) is 96.3 Å². The summed E-state index contributed by atoms with van der Waals surface area (Å²) in [5.74, 6) is -1.07. The topological polar surface area (TPSA) is 78.9 Å². The molecular weight excluding hydrogens is 829 g/mol. The van der Waals surface area contributed by atoms with Crippen LogP contribution in [0.1, 0.15) is 175 Å². The van der Waals surface area contributed by atoms with Gasteiger partial charge in [0, 0.05) is 19.3 Å². The Morgan fingerprint density at radius 1 is 0.328 bits per heavy atom. The molecule has 0 aromatic rings. The van der Waals surface area contributed by atoms with Crippen molar-refractivity contribution in [3.63, 3.8) is 0 Å². The van der Waals surface area contributed by atoms with Gasteiger partial charge >= 0.3 is 17.9 Å². The first-order valence-corrected chi connectivity index (χ1v) is 25.8. The molecule has 0 aliphatic carbocycles. The number of ether oxygens (including phenoxy) is 3. The fourth-order valence-electron chi connectivity index (χ4n) is 6.12. The first-order valence-electron chi connectivity index (χ1n) is 25.8. The number of hydrogen-bond acceptors (Lipinski definition) is 6. The van der Waals surface area contributed by atoms with E-state index in [9.17, 15) is 14.4 Å². The van der Waals surface area contributed by atoms with Gasteiger partial charge in [-0.3, -0.25) is 14.4 Å². The molecule has 0 N–H and O–H groups in total. The highest BCUT2D eigenvalue weighted by Crippen LogP contribution is 2.11. The number of carbonyl (C=O) groups is 3. The Balaban J connectivity index is 4.65. The number of esters is 3. The van der Waals surface area contributed by atoms with Crippen LogP contribution >= 0.6 is 0 Å². The summed E-state index contributed by atoms with van der Waals surface area (Å²) in [6.07, 6.45) is 79.0. The van der Waals surface area contributed by atoms with Gasteiger partial charge in [-0.25, -0.2) is 0 Å². The van der Waals surface area contributed by atoms with Gasteiger partial charge in [0.25, 0.3) is 0 Å². The quantitative estimate of drug-likeness (QED) is 0.0199. The fourth-order valence-corrected chi connectivity index (χ4v) is 6.12. The van der Waals surface area contributed by atoms with Gasteiger partial charge in [-0.1, -0.05) is 229 Å². The van der Waals surface area contributed by atoms with E-state index in [1.807, 2.05) is 79.0 Å². The highest BCUT2D eigenvalue weighted by atomic mass is 16.6. The molecule has 0 radical (unpaired) electrons. The summed E-state index contributed by atoms with van der Waals surface area (Å²) in [4.78, 5) is 38.0. The molecule has 0 rings (SSSR count). The van der Waals surface area contributed by atoms with Crippen molar-refractivity contribution in [2.24, 2.45) is 0 Å². The highest BCUT2D eigenvalue weighted by molar-refractivity contribution is 5.71. The van der Waals surface area contributed by atoms with Crippen LogP contribution < -0.4 is 0 Å². The van der Waals surface area contributed by atoms with E-state index in [1.54, 1.807) is 0 Å². The monoisotopic (exact) mass is 919 g/mol. The molecule has 0 amide bonds. The zero-order chi connectivity index (χ0) is 48.6. The van der Waals surface area contributed by atoms with E-state index in [4.69, 9.17) is 14.2 Å².